The fraction of sp³-hybridized carbons (Fsp3) is 0.500. The third kappa shape index (κ3) is 7.81. The highest BCUT2D eigenvalue weighted by Crippen LogP contribution is 2.25. The largest absolute Gasteiger partial charge is 0.389 e. The molecule has 0 aromatic heterocycles. The molecule has 1 rings (SSSR count). The summed E-state index contributed by atoms with van der Waals surface area (Å²) in [7, 11) is 0. The Morgan fingerprint density at radius 1 is 1.37 bits per heavy atom. The summed E-state index contributed by atoms with van der Waals surface area (Å²) in [5, 5.41) is 0. The number of alkyl halides is 3. The standard InChI is InChI=1S/C12H16BrF3N2S/c13-9-3-1-5-11(7-9)19-8-10(18-17)4-2-6-12(14,15)16/h1,3,5,7,10,18H,2,4,6,8,17H2. The van der Waals surface area contributed by atoms with Crippen LogP contribution in [0.25, 0.3) is 0 Å². The van der Waals surface area contributed by atoms with E-state index in [0.29, 0.717) is 12.2 Å². The number of thioether (sulfide) groups is 1. The van der Waals surface area contributed by atoms with Crippen molar-refractivity contribution in [3.05, 3.63) is 28.7 Å². The molecular formula is C12H16BrF3N2S. The average molecular weight is 357 g/mol. The smallest absolute Gasteiger partial charge is 0.271 e. The lowest BCUT2D eigenvalue weighted by molar-refractivity contribution is -0.135. The van der Waals surface area contributed by atoms with Gasteiger partial charge in [-0.1, -0.05) is 22.0 Å². The van der Waals surface area contributed by atoms with Gasteiger partial charge in [0.05, 0.1) is 0 Å². The Hall–Kier alpha value is -0.240. The molecule has 0 aliphatic carbocycles. The van der Waals surface area contributed by atoms with E-state index >= 15 is 0 Å². The van der Waals surface area contributed by atoms with E-state index in [4.69, 9.17) is 5.84 Å². The molecule has 19 heavy (non-hydrogen) atoms. The van der Waals surface area contributed by atoms with Crippen LogP contribution >= 0.6 is 27.7 Å². The van der Waals surface area contributed by atoms with Crippen molar-refractivity contribution in [2.75, 3.05) is 5.75 Å². The highest BCUT2D eigenvalue weighted by Gasteiger charge is 2.26. The molecule has 108 valence electrons. The lowest BCUT2D eigenvalue weighted by atomic mass is 10.1. The second-order valence-electron chi connectivity index (χ2n) is 4.14. The molecule has 0 amide bonds. The minimum absolute atomic E-state index is 0.0947. The summed E-state index contributed by atoms with van der Waals surface area (Å²) in [6.07, 6.45) is -4.34. The molecular weight excluding hydrogens is 341 g/mol. The number of rotatable bonds is 7. The van der Waals surface area contributed by atoms with E-state index in [1.54, 1.807) is 11.8 Å². The number of nitrogens with one attached hydrogen (secondary N) is 1. The second kappa shape index (κ2) is 8.14. The number of nitrogens with two attached hydrogens (primary N) is 1. The molecule has 0 fully saturated rings. The molecule has 0 heterocycles. The molecule has 0 aliphatic heterocycles. The minimum Gasteiger partial charge on any atom is -0.271 e. The number of halogens is 4. The predicted octanol–water partition coefficient (Wildman–Crippen LogP) is 4.11. The summed E-state index contributed by atoms with van der Waals surface area (Å²) >= 11 is 4.94. The third-order valence-electron chi connectivity index (χ3n) is 2.50. The zero-order chi connectivity index (χ0) is 14.3. The van der Waals surface area contributed by atoms with Gasteiger partial charge >= 0.3 is 6.18 Å². The maximum absolute atomic E-state index is 12.0. The van der Waals surface area contributed by atoms with Crippen LogP contribution in [0.15, 0.2) is 33.6 Å². The number of hydrogen-bond donors (Lipinski definition) is 2. The van der Waals surface area contributed by atoms with Crippen LogP contribution in [0.1, 0.15) is 19.3 Å². The molecule has 1 aromatic carbocycles. The van der Waals surface area contributed by atoms with Gasteiger partial charge in [0, 0.05) is 27.6 Å². The van der Waals surface area contributed by atoms with E-state index < -0.39 is 12.6 Å². The van der Waals surface area contributed by atoms with E-state index in [-0.39, 0.29) is 12.5 Å². The van der Waals surface area contributed by atoms with Gasteiger partial charge in [0.2, 0.25) is 0 Å². The molecule has 0 bridgehead atoms. The van der Waals surface area contributed by atoms with Gasteiger partial charge in [-0.05, 0) is 31.0 Å². The number of hydrogen-bond acceptors (Lipinski definition) is 3. The summed E-state index contributed by atoms with van der Waals surface area (Å²) in [6.45, 7) is 0. The zero-order valence-electron chi connectivity index (χ0n) is 10.2. The fourth-order valence-electron chi connectivity index (χ4n) is 1.52. The van der Waals surface area contributed by atoms with E-state index in [0.717, 1.165) is 9.37 Å². The van der Waals surface area contributed by atoms with Gasteiger partial charge in [0.15, 0.2) is 0 Å². The molecule has 0 saturated heterocycles. The third-order valence-corrected chi connectivity index (χ3v) is 4.15. The van der Waals surface area contributed by atoms with Crippen molar-refractivity contribution in [1.82, 2.24) is 5.43 Å². The summed E-state index contributed by atoms with van der Waals surface area (Å²) in [4.78, 5) is 1.06. The van der Waals surface area contributed by atoms with Crippen molar-refractivity contribution in [3.63, 3.8) is 0 Å². The molecule has 1 unspecified atom stereocenters. The van der Waals surface area contributed by atoms with E-state index in [1.165, 1.54) is 0 Å². The summed E-state index contributed by atoms with van der Waals surface area (Å²) in [5.41, 5.74) is 2.57. The highest BCUT2D eigenvalue weighted by molar-refractivity contribution is 9.10. The van der Waals surface area contributed by atoms with Crippen molar-refractivity contribution >= 4 is 27.7 Å². The van der Waals surface area contributed by atoms with Crippen LogP contribution in [0, 0.1) is 0 Å². The molecule has 0 aliphatic rings. The SMILES string of the molecule is NNC(CCCC(F)(F)F)CSc1cccc(Br)c1. The van der Waals surface area contributed by atoms with Crippen LogP contribution in [-0.4, -0.2) is 18.0 Å². The Kier molecular flexibility index (Phi) is 7.20. The molecule has 2 nitrogen and oxygen atoms in total. The quantitative estimate of drug-likeness (QED) is 0.438. The van der Waals surface area contributed by atoms with Crippen molar-refractivity contribution in [2.24, 2.45) is 5.84 Å². The molecule has 0 radical (unpaired) electrons. The van der Waals surface area contributed by atoms with Crippen LogP contribution in [-0.2, 0) is 0 Å². The second-order valence-corrected chi connectivity index (χ2v) is 6.15. The van der Waals surface area contributed by atoms with Crippen molar-refractivity contribution in [1.29, 1.82) is 0 Å². The van der Waals surface area contributed by atoms with Crippen LogP contribution < -0.4 is 11.3 Å². The fourth-order valence-corrected chi connectivity index (χ4v) is 3.11. The Morgan fingerprint density at radius 3 is 2.68 bits per heavy atom. The lowest BCUT2D eigenvalue weighted by Crippen LogP contribution is -2.37. The molecule has 1 aromatic rings. The zero-order valence-corrected chi connectivity index (χ0v) is 12.6. The van der Waals surface area contributed by atoms with Gasteiger partial charge in [0.25, 0.3) is 0 Å². The van der Waals surface area contributed by atoms with Gasteiger partial charge in [-0.2, -0.15) is 13.2 Å². The van der Waals surface area contributed by atoms with Crippen LogP contribution in [0.5, 0.6) is 0 Å². The first kappa shape index (κ1) is 16.8. The number of benzene rings is 1. The topological polar surface area (TPSA) is 38.0 Å². The van der Waals surface area contributed by atoms with Crippen molar-refractivity contribution in [3.8, 4) is 0 Å². The highest BCUT2D eigenvalue weighted by atomic mass is 79.9. The Bertz CT molecular complexity index is 387. The maximum atomic E-state index is 12.0. The molecule has 3 N–H and O–H groups in total. The molecule has 0 saturated carbocycles. The maximum Gasteiger partial charge on any atom is 0.389 e. The van der Waals surface area contributed by atoms with Crippen LogP contribution in [0.4, 0.5) is 13.2 Å². The van der Waals surface area contributed by atoms with E-state index in [2.05, 4.69) is 21.4 Å². The first-order valence-corrected chi connectivity index (χ1v) is 7.60. The summed E-state index contributed by atoms with van der Waals surface area (Å²) < 4.78 is 37.1. The minimum atomic E-state index is -4.09. The van der Waals surface area contributed by atoms with Gasteiger partial charge < -0.3 is 0 Å². The normalized spacial score (nSPS) is 13.5. The van der Waals surface area contributed by atoms with E-state index in [9.17, 15) is 13.2 Å². The average Bonchev–Trinajstić information content (AvgIpc) is 2.32. The summed E-state index contributed by atoms with van der Waals surface area (Å²) in [5.74, 6) is 6.01. The lowest BCUT2D eigenvalue weighted by Gasteiger charge is -2.16. The van der Waals surface area contributed by atoms with Crippen LogP contribution in [0.3, 0.4) is 0 Å². The molecule has 0 spiro atoms. The monoisotopic (exact) mass is 356 g/mol. The Balaban J connectivity index is 2.32. The first-order chi connectivity index (χ1) is 8.90. The number of hydrazine groups is 1. The van der Waals surface area contributed by atoms with Crippen LogP contribution in [0.2, 0.25) is 0 Å². The van der Waals surface area contributed by atoms with Gasteiger partial charge in [-0.3, -0.25) is 11.3 Å². The predicted molar refractivity (Wildman–Crippen MR) is 75.9 cm³/mol. The molecule has 1 atom stereocenters. The van der Waals surface area contributed by atoms with Crippen molar-refractivity contribution in [2.45, 2.75) is 36.4 Å². The first-order valence-electron chi connectivity index (χ1n) is 5.82. The van der Waals surface area contributed by atoms with Gasteiger partial charge in [0.1, 0.15) is 0 Å². The van der Waals surface area contributed by atoms with E-state index in [1.807, 2.05) is 24.3 Å². The Labute approximate surface area is 123 Å². The van der Waals surface area contributed by atoms with Crippen molar-refractivity contribution < 1.29 is 13.2 Å². The summed E-state index contributed by atoms with van der Waals surface area (Å²) in [6, 6.07) is 7.64. The molecule has 7 heteroatoms. The van der Waals surface area contributed by atoms with Gasteiger partial charge in [-0.25, -0.2) is 0 Å². The van der Waals surface area contributed by atoms with Gasteiger partial charge in [-0.15, -0.1) is 11.8 Å². The Morgan fingerprint density at radius 2 is 2.11 bits per heavy atom.